The second-order valence-corrected chi connectivity index (χ2v) is 7.39. The highest BCUT2D eigenvalue weighted by molar-refractivity contribution is 6.23. The molecule has 0 fully saturated rings. The third-order valence-corrected chi connectivity index (χ3v) is 5.37. The molecule has 9 heteroatoms. The molecule has 1 aliphatic heterocycles. The number of hydrogen-bond acceptors (Lipinski definition) is 6. The first-order chi connectivity index (χ1) is 15.9. The average molecular weight is 445 g/mol. The first-order valence-corrected chi connectivity index (χ1v) is 10.0. The van der Waals surface area contributed by atoms with Crippen LogP contribution in [0.3, 0.4) is 0 Å². The Balaban J connectivity index is 1.65. The second kappa shape index (κ2) is 8.91. The van der Waals surface area contributed by atoms with E-state index in [0.717, 1.165) is 4.90 Å². The highest BCUT2D eigenvalue weighted by Crippen LogP contribution is 2.27. The van der Waals surface area contributed by atoms with Crippen LogP contribution in [0.4, 0.5) is 11.4 Å². The van der Waals surface area contributed by atoms with E-state index in [1.807, 2.05) is 0 Å². The van der Waals surface area contributed by atoms with Crippen molar-refractivity contribution in [2.75, 3.05) is 12.4 Å². The molecule has 0 radical (unpaired) electrons. The van der Waals surface area contributed by atoms with Crippen LogP contribution < -0.4 is 10.1 Å². The molecule has 0 aliphatic carbocycles. The quantitative estimate of drug-likeness (QED) is 0.338. The summed E-state index contributed by atoms with van der Waals surface area (Å²) < 4.78 is 5.11. The second-order valence-electron chi connectivity index (χ2n) is 7.39. The molecule has 0 saturated heterocycles. The summed E-state index contributed by atoms with van der Waals surface area (Å²) in [5.41, 5.74) is 1.39. The van der Waals surface area contributed by atoms with Gasteiger partial charge in [0.1, 0.15) is 11.8 Å². The number of fused-ring (bicyclic) bond motifs is 1. The number of nitrogens with one attached hydrogen (secondary N) is 1. The SMILES string of the molecule is COc1ccc(NC(=O)[C@@H](Cc2ccc([N+](=O)[O-])cc2)N2C(=O)c3ccccc3C2=O)cc1. The Bertz CT molecular complexity index is 1200. The Hall–Kier alpha value is -4.53. The zero-order chi connectivity index (χ0) is 23.5. The minimum Gasteiger partial charge on any atom is -0.497 e. The number of hydrogen-bond donors (Lipinski definition) is 1. The summed E-state index contributed by atoms with van der Waals surface area (Å²) in [5.74, 6) is -1.08. The van der Waals surface area contributed by atoms with Crippen LogP contribution in [0, 0.1) is 10.1 Å². The minimum absolute atomic E-state index is 0.00848. The van der Waals surface area contributed by atoms with Crippen molar-refractivity contribution >= 4 is 29.1 Å². The number of carbonyl (C=O) groups excluding carboxylic acids is 3. The van der Waals surface area contributed by atoms with E-state index < -0.39 is 28.7 Å². The van der Waals surface area contributed by atoms with Crippen LogP contribution in [0.5, 0.6) is 5.75 Å². The molecule has 0 saturated carbocycles. The average Bonchev–Trinajstić information content (AvgIpc) is 3.08. The summed E-state index contributed by atoms with van der Waals surface area (Å²) in [4.78, 5) is 50.7. The lowest BCUT2D eigenvalue weighted by molar-refractivity contribution is -0.384. The Morgan fingerprint density at radius 1 is 0.970 bits per heavy atom. The maximum atomic E-state index is 13.3. The van der Waals surface area contributed by atoms with Gasteiger partial charge in [-0.3, -0.25) is 29.4 Å². The topological polar surface area (TPSA) is 119 Å². The molecule has 4 rings (SSSR count). The van der Waals surface area contributed by atoms with Gasteiger partial charge in [-0.1, -0.05) is 24.3 Å². The van der Waals surface area contributed by atoms with Gasteiger partial charge < -0.3 is 10.1 Å². The van der Waals surface area contributed by atoms with Crippen LogP contribution in [0.25, 0.3) is 0 Å². The predicted octanol–water partition coefficient (Wildman–Crippen LogP) is 3.45. The van der Waals surface area contributed by atoms with Crippen molar-refractivity contribution in [3.05, 3.63) is 99.6 Å². The maximum absolute atomic E-state index is 13.3. The number of benzene rings is 3. The van der Waals surface area contributed by atoms with Gasteiger partial charge in [0.05, 0.1) is 23.2 Å². The monoisotopic (exact) mass is 445 g/mol. The summed E-state index contributed by atoms with van der Waals surface area (Å²) in [6.07, 6.45) is -0.00848. The number of nitro benzene ring substituents is 1. The van der Waals surface area contributed by atoms with E-state index in [9.17, 15) is 24.5 Å². The van der Waals surface area contributed by atoms with Gasteiger partial charge in [0, 0.05) is 24.2 Å². The lowest BCUT2D eigenvalue weighted by Gasteiger charge is -2.25. The van der Waals surface area contributed by atoms with E-state index in [-0.39, 0.29) is 23.2 Å². The predicted molar refractivity (Wildman–Crippen MR) is 119 cm³/mol. The fourth-order valence-corrected chi connectivity index (χ4v) is 3.67. The fraction of sp³-hybridized carbons (Fsp3) is 0.125. The van der Waals surface area contributed by atoms with Gasteiger partial charge in [-0.15, -0.1) is 0 Å². The number of nitrogens with zero attached hydrogens (tertiary/aromatic N) is 2. The normalized spacial score (nSPS) is 13.4. The molecule has 0 bridgehead atoms. The van der Waals surface area contributed by atoms with E-state index in [0.29, 0.717) is 17.0 Å². The lowest BCUT2D eigenvalue weighted by Crippen LogP contribution is -2.48. The summed E-state index contributed by atoms with van der Waals surface area (Å²) in [6.45, 7) is 0. The molecular formula is C24H19N3O6. The number of non-ortho nitro benzene ring substituents is 1. The van der Waals surface area contributed by atoms with Crippen molar-refractivity contribution in [2.45, 2.75) is 12.5 Å². The Kier molecular flexibility index (Phi) is 5.86. The van der Waals surface area contributed by atoms with Gasteiger partial charge in [-0.2, -0.15) is 0 Å². The number of carbonyl (C=O) groups is 3. The summed E-state index contributed by atoms with van der Waals surface area (Å²) in [7, 11) is 1.52. The first kappa shape index (κ1) is 21.7. The minimum atomic E-state index is -1.17. The molecule has 1 aliphatic rings. The lowest BCUT2D eigenvalue weighted by atomic mass is 10.0. The van der Waals surface area contributed by atoms with Crippen LogP contribution in [0.1, 0.15) is 26.3 Å². The van der Waals surface area contributed by atoms with Gasteiger partial charge in [-0.25, -0.2) is 0 Å². The van der Waals surface area contributed by atoms with Crippen LogP contribution in [-0.2, 0) is 11.2 Å². The number of methoxy groups -OCH3 is 1. The molecule has 166 valence electrons. The molecule has 3 aromatic rings. The van der Waals surface area contributed by atoms with Crippen molar-refractivity contribution in [3.8, 4) is 5.75 Å². The molecule has 1 heterocycles. The van der Waals surface area contributed by atoms with E-state index in [4.69, 9.17) is 4.74 Å². The number of imide groups is 1. The molecule has 33 heavy (non-hydrogen) atoms. The standard InChI is InChI=1S/C24H19N3O6/c1-33-18-12-8-16(9-13-18)25-22(28)21(14-15-6-10-17(11-7-15)27(31)32)26-23(29)19-4-2-3-5-20(19)24(26)30/h2-13,21H,14H2,1H3,(H,25,28)/t21-/m1/s1. The third kappa shape index (κ3) is 4.29. The zero-order valence-electron chi connectivity index (χ0n) is 17.6. The van der Waals surface area contributed by atoms with Crippen LogP contribution in [0.2, 0.25) is 0 Å². The Morgan fingerprint density at radius 3 is 2.06 bits per heavy atom. The van der Waals surface area contributed by atoms with Crippen LogP contribution >= 0.6 is 0 Å². The highest BCUT2D eigenvalue weighted by Gasteiger charge is 2.42. The maximum Gasteiger partial charge on any atom is 0.269 e. The largest absolute Gasteiger partial charge is 0.497 e. The van der Waals surface area contributed by atoms with Gasteiger partial charge in [0.15, 0.2) is 0 Å². The molecule has 3 amide bonds. The number of nitro groups is 1. The molecule has 1 atom stereocenters. The van der Waals surface area contributed by atoms with Gasteiger partial charge >= 0.3 is 0 Å². The molecular weight excluding hydrogens is 426 g/mol. The molecule has 0 aromatic heterocycles. The molecule has 0 unspecified atom stereocenters. The van der Waals surface area contributed by atoms with Crippen LogP contribution in [-0.4, -0.2) is 40.7 Å². The van der Waals surface area contributed by atoms with Crippen LogP contribution in [0.15, 0.2) is 72.8 Å². The number of rotatable bonds is 7. The number of ether oxygens (including phenoxy) is 1. The van der Waals surface area contributed by atoms with Gasteiger partial charge in [0.25, 0.3) is 17.5 Å². The Labute approximate surface area is 188 Å². The molecule has 0 spiro atoms. The smallest absolute Gasteiger partial charge is 0.269 e. The zero-order valence-corrected chi connectivity index (χ0v) is 17.6. The summed E-state index contributed by atoms with van der Waals surface area (Å²) >= 11 is 0. The van der Waals surface area contributed by atoms with Crippen molar-refractivity contribution in [1.29, 1.82) is 0 Å². The first-order valence-electron chi connectivity index (χ1n) is 10.0. The van der Waals surface area contributed by atoms with E-state index in [1.165, 1.54) is 31.4 Å². The molecule has 9 nitrogen and oxygen atoms in total. The molecule has 3 aromatic carbocycles. The summed E-state index contributed by atoms with van der Waals surface area (Å²) in [5, 5.41) is 13.7. The van der Waals surface area contributed by atoms with Crippen molar-refractivity contribution in [1.82, 2.24) is 4.90 Å². The third-order valence-electron chi connectivity index (χ3n) is 5.37. The van der Waals surface area contributed by atoms with Crippen molar-refractivity contribution in [3.63, 3.8) is 0 Å². The fourth-order valence-electron chi connectivity index (χ4n) is 3.67. The number of anilines is 1. The van der Waals surface area contributed by atoms with Crippen molar-refractivity contribution < 1.29 is 24.0 Å². The van der Waals surface area contributed by atoms with Gasteiger partial charge in [0.2, 0.25) is 5.91 Å². The number of amides is 3. The van der Waals surface area contributed by atoms with E-state index in [1.54, 1.807) is 48.5 Å². The molecule has 1 N–H and O–H groups in total. The van der Waals surface area contributed by atoms with E-state index in [2.05, 4.69) is 5.32 Å². The highest BCUT2D eigenvalue weighted by atomic mass is 16.6. The van der Waals surface area contributed by atoms with Crippen molar-refractivity contribution in [2.24, 2.45) is 0 Å². The van der Waals surface area contributed by atoms with E-state index >= 15 is 0 Å². The summed E-state index contributed by atoms with van der Waals surface area (Å²) in [6, 6.07) is 17.5. The van der Waals surface area contributed by atoms with Gasteiger partial charge in [-0.05, 0) is 42.0 Å². The Morgan fingerprint density at radius 2 is 1.55 bits per heavy atom.